The Hall–Kier alpha value is -3.02. The Morgan fingerprint density at radius 2 is 1.51 bits per heavy atom. The summed E-state index contributed by atoms with van der Waals surface area (Å²) >= 11 is 1.66. The van der Waals surface area contributed by atoms with Crippen LogP contribution in [0.15, 0.2) is 108 Å². The highest BCUT2D eigenvalue weighted by molar-refractivity contribution is 7.99. The lowest BCUT2D eigenvalue weighted by atomic mass is 9.91. The summed E-state index contributed by atoms with van der Waals surface area (Å²) in [7, 11) is -3.62. The molecule has 43 heavy (non-hydrogen) atoms. The number of aliphatic hydroxyl groups excluding tert-OH is 2. The predicted molar refractivity (Wildman–Crippen MR) is 170 cm³/mol. The first-order valence-corrected chi connectivity index (χ1v) is 16.9. The molecule has 0 bridgehead atoms. The smallest absolute Gasteiger partial charge is 0.240 e. The first kappa shape index (κ1) is 31.4. The standard InChI is InChI=1S/C34H37NO6S2/c1-24-32(23-42-18-17-36)40-34(41-33(24)27-15-13-25(22-37)14-16-27)30-10-6-9-29(20-30)28-8-5-7-26(19-28)21-35-43(38,39)31-11-3-2-4-12-31/h2-16,19-20,24,32-37H,17-18,21-23H2,1H3. The maximum absolute atomic E-state index is 12.7. The molecule has 4 aromatic carbocycles. The summed E-state index contributed by atoms with van der Waals surface area (Å²) in [6.07, 6.45) is -0.905. The lowest BCUT2D eigenvalue weighted by Crippen LogP contribution is -2.38. The van der Waals surface area contributed by atoms with Gasteiger partial charge in [-0.3, -0.25) is 0 Å². The van der Waals surface area contributed by atoms with Gasteiger partial charge in [-0.25, -0.2) is 13.1 Å². The van der Waals surface area contributed by atoms with E-state index in [1.807, 2.05) is 66.7 Å². The number of ether oxygens (including phenoxy) is 2. The third kappa shape index (κ3) is 7.93. The maximum atomic E-state index is 12.7. The molecule has 1 heterocycles. The van der Waals surface area contributed by atoms with Crippen LogP contribution in [0, 0.1) is 5.92 Å². The van der Waals surface area contributed by atoms with Gasteiger partial charge in [0.05, 0.1) is 30.3 Å². The van der Waals surface area contributed by atoms with Gasteiger partial charge in [-0.05, 0) is 52.1 Å². The van der Waals surface area contributed by atoms with Gasteiger partial charge in [0.15, 0.2) is 6.29 Å². The Morgan fingerprint density at radius 1 is 0.791 bits per heavy atom. The lowest BCUT2D eigenvalue weighted by molar-refractivity contribution is -0.268. The monoisotopic (exact) mass is 619 g/mol. The summed E-state index contributed by atoms with van der Waals surface area (Å²) in [5.41, 5.74) is 5.51. The minimum absolute atomic E-state index is 0.0135. The Bertz CT molecular complexity index is 1580. The predicted octanol–water partition coefficient (Wildman–Crippen LogP) is 5.84. The van der Waals surface area contributed by atoms with Crippen molar-refractivity contribution in [3.63, 3.8) is 0 Å². The van der Waals surface area contributed by atoms with Crippen molar-refractivity contribution in [2.24, 2.45) is 5.92 Å². The second-order valence-corrected chi connectivity index (χ2v) is 13.5. The van der Waals surface area contributed by atoms with E-state index in [0.717, 1.165) is 39.1 Å². The molecule has 9 heteroatoms. The molecule has 0 spiro atoms. The number of thioether (sulfide) groups is 1. The minimum Gasteiger partial charge on any atom is -0.396 e. The van der Waals surface area contributed by atoms with E-state index in [2.05, 4.69) is 17.7 Å². The number of nitrogens with one attached hydrogen (secondary N) is 1. The third-order valence-corrected chi connectivity index (χ3v) is 10.0. The lowest BCUT2D eigenvalue weighted by Gasteiger charge is -2.41. The molecule has 0 aromatic heterocycles. The fraction of sp³-hybridized carbons (Fsp3) is 0.294. The fourth-order valence-corrected chi connectivity index (χ4v) is 7.11. The van der Waals surface area contributed by atoms with Gasteiger partial charge in [-0.2, -0.15) is 11.8 Å². The second-order valence-electron chi connectivity index (χ2n) is 10.6. The second kappa shape index (κ2) is 14.6. The van der Waals surface area contributed by atoms with E-state index >= 15 is 0 Å². The summed E-state index contributed by atoms with van der Waals surface area (Å²) < 4.78 is 41.2. The molecule has 0 amide bonds. The van der Waals surface area contributed by atoms with Crippen molar-refractivity contribution in [2.75, 3.05) is 18.1 Å². The van der Waals surface area contributed by atoms with Crippen molar-refractivity contribution in [3.8, 4) is 11.1 Å². The van der Waals surface area contributed by atoms with E-state index in [-0.39, 0.29) is 42.8 Å². The van der Waals surface area contributed by atoms with Gasteiger partial charge in [-0.1, -0.05) is 85.8 Å². The normalized spacial score (nSPS) is 20.6. The van der Waals surface area contributed by atoms with Crippen molar-refractivity contribution < 1.29 is 28.1 Å². The summed E-state index contributed by atoms with van der Waals surface area (Å²) in [5.74, 6) is 1.44. The highest BCUT2D eigenvalue weighted by Gasteiger charge is 2.38. The van der Waals surface area contributed by atoms with Crippen LogP contribution in [-0.4, -0.2) is 42.8 Å². The molecule has 0 aliphatic carbocycles. The molecule has 1 fully saturated rings. The number of sulfonamides is 1. The number of aliphatic hydroxyl groups is 2. The van der Waals surface area contributed by atoms with E-state index in [4.69, 9.17) is 9.47 Å². The van der Waals surface area contributed by atoms with Gasteiger partial charge >= 0.3 is 0 Å². The van der Waals surface area contributed by atoms with Crippen molar-refractivity contribution in [3.05, 3.63) is 125 Å². The topological polar surface area (TPSA) is 105 Å². The highest BCUT2D eigenvalue weighted by Crippen LogP contribution is 2.43. The van der Waals surface area contributed by atoms with Crippen LogP contribution in [0.3, 0.4) is 0 Å². The molecule has 226 valence electrons. The number of rotatable bonds is 12. The van der Waals surface area contributed by atoms with Crippen LogP contribution in [0.2, 0.25) is 0 Å². The van der Waals surface area contributed by atoms with E-state index in [1.165, 1.54) is 0 Å². The molecule has 1 aliphatic rings. The Kier molecular flexibility index (Phi) is 10.7. The van der Waals surface area contributed by atoms with Gasteiger partial charge in [0.25, 0.3) is 0 Å². The van der Waals surface area contributed by atoms with Gasteiger partial charge in [0, 0.05) is 29.5 Å². The minimum atomic E-state index is -3.62. The number of benzene rings is 4. The molecule has 3 N–H and O–H groups in total. The molecule has 1 aliphatic heterocycles. The number of hydrogen-bond acceptors (Lipinski definition) is 7. The average molecular weight is 620 g/mol. The van der Waals surface area contributed by atoms with Crippen LogP contribution >= 0.6 is 11.8 Å². The van der Waals surface area contributed by atoms with Crippen molar-refractivity contribution in [2.45, 2.75) is 43.5 Å². The van der Waals surface area contributed by atoms with Gasteiger partial charge in [0.1, 0.15) is 0 Å². The first-order chi connectivity index (χ1) is 20.9. The van der Waals surface area contributed by atoms with Crippen molar-refractivity contribution >= 4 is 21.8 Å². The molecule has 0 saturated carbocycles. The van der Waals surface area contributed by atoms with Crippen LogP contribution in [0.1, 0.15) is 41.6 Å². The molecule has 4 atom stereocenters. The van der Waals surface area contributed by atoms with Gasteiger partial charge < -0.3 is 19.7 Å². The summed E-state index contributed by atoms with van der Waals surface area (Å²) in [6.45, 7) is 2.40. The Labute approximate surface area is 257 Å². The van der Waals surface area contributed by atoms with E-state index in [1.54, 1.807) is 42.1 Å². The van der Waals surface area contributed by atoms with Gasteiger partial charge in [0.2, 0.25) is 10.0 Å². The highest BCUT2D eigenvalue weighted by atomic mass is 32.2. The zero-order valence-electron chi connectivity index (χ0n) is 24.0. The zero-order chi connectivity index (χ0) is 30.2. The van der Waals surface area contributed by atoms with E-state index < -0.39 is 16.3 Å². The van der Waals surface area contributed by atoms with Crippen LogP contribution in [0.4, 0.5) is 0 Å². The first-order valence-electron chi connectivity index (χ1n) is 14.3. The molecule has 5 rings (SSSR count). The SMILES string of the molecule is CC1C(CSCCO)OC(c2cccc(-c3cccc(CNS(=O)(=O)c4ccccc4)c3)c2)OC1c1ccc(CO)cc1. The molecule has 7 nitrogen and oxygen atoms in total. The van der Waals surface area contributed by atoms with E-state index in [9.17, 15) is 18.6 Å². The molecular weight excluding hydrogens is 583 g/mol. The molecule has 0 radical (unpaired) electrons. The van der Waals surface area contributed by atoms with Crippen LogP contribution in [0.5, 0.6) is 0 Å². The van der Waals surface area contributed by atoms with Crippen molar-refractivity contribution in [1.29, 1.82) is 0 Å². The molecular formula is C34H37NO6S2. The molecule has 4 aromatic rings. The van der Waals surface area contributed by atoms with Crippen LogP contribution < -0.4 is 4.72 Å². The molecule has 4 unspecified atom stereocenters. The van der Waals surface area contributed by atoms with Gasteiger partial charge in [-0.15, -0.1) is 0 Å². The third-order valence-electron chi connectivity index (χ3n) is 7.58. The summed E-state index contributed by atoms with van der Waals surface area (Å²) in [4.78, 5) is 0.233. The summed E-state index contributed by atoms with van der Waals surface area (Å²) in [5, 5.41) is 18.8. The van der Waals surface area contributed by atoms with E-state index in [0.29, 0.717) is 5.75 Å². The quantitative estimate of drug-likeness (QED) is 0.171. The Morgan fingerprint density at radius 3 is 2.23 bits per heavy atom. The van der Waals surface area contributed by atoms with Crippen LogP contribution in [0.25, 0.3) is 11.1 Å². The van der Waals surface area contributed by atoms with Crippen LogP contribution in [-0.2, 0) is 32.6 Å². The zero-order valence-corrected chi connectivity index (χ0v) is 25.6. The Balaban J connectivity index is 1.36. The fourth-order valence-electron chi connectivity index (χ4n) is 5.16. The van der Waals surface area contributed by atoms with Crippen molar-refractivity contribution in [1.82, 2.24) is 4.72 Å². The molecule has 1 saturated heterocycles. The number of hydrogen-bond donors (Lipinski definition) is 3. The largest absolute Gasteiger partial charge is 0.396 e. The average Bonchev–Trinajstić information content (AvgIpc) is 3.05. The maximum Gasteiger partial charge on any atom is 0.240 e. The summed E-state index contributed by atoms with van der Waals surface area (Å²) in [6, 6.07) is 32.0.